The van der Waals surface area contributed by atoms with Gasteiger partial charge in [0.25, 0.3) is 5.78 Å². The normalized spacial score (nSPS) is 9.86. The van der Waals surface area contributed by atoms with Crippen LogP contribution in [0.3, 0.4) is 0 Å². The maximum atomic E-state index is 11.1. The number of ketones is 1. The van der Waals surface area contributed by atoms with E-state index in [1.165, 1.54) is 6.07 Å². The fourth-order valence-corrected chi connectivity index (χ4v) is 1.15. The van der Waals surface area contributed by atoms with Crippen molar-refractivity contribution < 1.29 is 14.7 Å². The fraction of sp³-hybridized carbons (Fsp3) is 0.200. The van der Waals surface area contributed by atoms with Crippen molar-refractivity contribution in [2.24, 2.45) is 0 Å². The molecule has 14 heavy (non-hydrogen) atoms. The Morgan fingerprint density at radius 2 is 1.71 bits per heavy atom. The Morgan fingerprint density at radius 3 is 2.21 bits per heavy atom. The molecule has 0 fully saturated rings. The molecule has 0 heterocycles. The van der Waals surface area contributed by atoms with Crippen LogP contribution >= 0.6 is 0 Å². The quantitative estimate of drug-likeness (QED) is 0.419. The second kappa shape index (κ2) is 3.49. The summed E-state index contributed by atoms with van der Waals surface area (Å²) in [5.74, 6) is -2.45. The van der Waals surface area contributed by atoms with Crippen molar-refractivity contribution in [3.63, 3.8) is 0 Å². The van der Waals surface area contributed by atoms with Crippen LogP contribution in [0.15, 0.2) is 12.1 Å². The molecule has 4 heteroatoms. The molecule has 4 nitrogen and oxygen atoms in total. The summed E-state index contributed by atoms with van der Waals surface area (Å²) in [5, 5.41) is 8.51. The number of aliphatic carboxylic acids is 1. The molecule has 0 amide bonds. The minimum Gasteiger partial charge on any atom is -0.475 e. The highest BCUT2D eigenvalue weighted by atomic mass is 16.4. The van der Waals surface area contributed by atoms with E-state index in [1.807, 2.05) is 6.92 Å². The van der Waals surface area contributed by atoms with Crippen molar-refractivity contribution in [3.8, 4) is 0 Å². The number of nitrogens with two attached hydrogens (primary N) is 1. The average Bonchev–Trinajstić information content (AvgIpc) is 2.10. The SMILES string of the molecule is Cc1cc(N)c(C(=O)C(=O)O)cc1C. The Hall–Kier alpha value is -1.84. The number of carboxylic acids is 1. The number of carbonyl (C=O) groups is 2. The van der Waals surface area contributed by atoms with Gasteiger partial charge in [-0.15, -0.1) is 0 Å². The molecular weight excluding hydrogens is 182 g/mol. The molecule has 0 aliphatic rings. The molecule has 3 N–H and O–H groups in total. The lowest BCUT2D eigenvalue weighted by atomic mass is 10.0. The van der Waals surface area contributed by atoms with Crippen LogP contribution in [0.5, 0.6) is 0 Å². The van der Waals surface area contributed by atoms with Crippen molar-refractivity contribution >= 4 is 17.4 Å². The summed E-state index contributed by atoms with van der Waals surface area (Å²) >= 11 is 0. The lowest BCUT2D eigenvalue weighted by molar-refractivity contribution is -0.131. The number of rotatable bonds is 2. The van der Waals surface area contributed by atoms with Gasteiger partial charge in [-0.3, -0.25) is 4.79 Å². The minimum absolute atomic E-state index is 0.0561. The topological polar surface area (TPSA) is 80.4 Å². The van der Waals surface area contributed by atoms with E-state index in [2.05, 4.69) is 0 Å². The zero-order valence-electron chi connectivity index (χ0n) is 8.00. The van der Waals surface area contributed by atoms with Gasteiger partial charge in [0.1, 0.15) is 0 Å². The molecule has 0 radical (unpaired) electrons. The third-order valence-corrected chi connectivity index (χ3v) is 2.10. The molecule has 0 atom stereocenters. The maximum Gasteiger partial charge on any atom is 0.377 e. The highest BCUT2D eigenvalue weighted by molar-refractivity contribution is 6.41. The van der Waals surface area contributed by atoms with Crippen LogP contribution in [0.4, 0.5) is 5.69 Å². The average molecular weight is 193 g/mol. The largest absolute Gasteiger partial charge is 0.475 e. The summed E-state index contributed by atoms with van der Waals surface area (Å²) in [6, 6.07) is 3.10. The third-order valence-electron chi connectivity index (χ3n) is 2.10. The Morgan fingerprint density at radius 1 is 1.21 bits per heavy atom. The molecule has 0 saturated heterocycles. The van der Waals surface area contributed by atoms with E-state index in [0.29, 0.717) is 0 Å². The van der Waals surface area contributed by atoms with Gasteiger partial charge >= 0.3 is 5.97 Å². The number of Topliss-reactive ketones (excluding diaryl/α,β-unsaturated/α-hetero) is 1. The summed E-state index contributed by atoms with van der Waals surface area (Å²) in [4.78, 5) is 21.6. The molecule has 0 bridgehead atoms. The standard InChI is InChI=1S/C10H11NO3/c1-5-3-7(9(12)10(13)14)8(11)4-6(5)2/h3-4H,11H2,1-2H3,(H,13,14). The number of aryl methyl sites for hydroxylation is 2. The highest BCUT2D eigenvalue weighted by Gasteiger charge is 2.17. The van der Waals surface area contributed by atoms with Gasteiger partial charge < -0.3 is 10.8 Å². The van der Waals surface area contributed by atoms with Gasteiger partial charge in [-0.2, -0.15) is 0 Å². The number of anilines is 1. The van der Waals surface area contributed by atoms with Gasteiger partial charge in [-0.1, -0.05) is 0 Å². The van der Waals surface area contributed by atoms with E-state index < -0.39 is 11.8 Å². The first-order valence-electron chi connectivity index (χ1n) is 4.08. The van der Waals surface area contributed by atoms with Gasteiger partial charge in [0, 0.05) is 5.69 Å². The Kier molecular flexibility index (Phi) is 2.56. The van der Waals surface area contributed by atoms with Crippen LogP contribution in [-0.2, 0) is 4.79 Å². The van der Waals surface area contributed by atoms with E-state index in [9.17, 15) is 9.59 Å². The molecule has 1 rings (SSSR count). The van der Waals surface area contributed by atoms with E-state index in [0.717, 1.165) is 11.1 Å². The van der Waals surface area contributed by atoms with Crippen molar-refractivity contribution in [1.82, 2.24) is 0 Å². The number of nitrogen functional groups attached to an aromatic ring is 1. The highest BCUT2D eigenvalue weighted by Crippen LogP contribution is 2.18. The second-order valence-electron chi connectivity index (χ2n) is 3.16. The first kappa shape index (κ1) is 10.2. The molecule has 0 unspecified atom stereocenters. The Bertz CT molecular complexity index is 410. The Labute approximate surface area is 81.3 Å². The predicted octanol–water partition coefficient (Wildman–Crippen LogP) is 1.15. The molecule has 0 aromatic heterocycles. The lowest BCUT2D eigenvalue weighted by Crippen LogP contribution is -2.15. The fourth-order valence-electron chi connectivity index (χ4n) is 1.15. The summed E-state index contributed by atoms with van der Waals surface area (Å²) in [6.07, 6.45) is 0. The predicted molar refractivity (Wildman–Crippen MR) is 52.3 cm³/mol. The summed E-state index contributed by atoms with van der Waals surface area (Å²) in [5.41, 5.74) is 7.60. The lowest BCUT2D eigenvalue weighted by Gasteiger charge is -2.06. The summed E-state index contributed by atoms with van der Waals surface area (Å²) < 4.78 is 0. The first-order chi connectivity index (χ1) is 6.43. The molecule has 1 aromatic carbocycles. The smallest absolute Gasteiger partial charge is 0.377 e. The van der Waals surface area contributed by atoms with E-state index >= 15 is 0 Å². The third kappa shape index (κ3) is 1.74. The summed E-state index contributed by atoms with van der Waals surface area (Å²) in [7, 11) is 0. The Balaban J connectivity index is 3.29. The number of hydrogen-bond donors (Lipinski definition) is 2. The van der Waals surface area contributed by atoms with Crippen molar-refractivity contribution in [3.05, 3.63) is 28.8 Å². The van der Waals surface area contributed by atoms with Crippen LogP contribution in [0, 0.1) is 13.8 Å². The monoisotopic (exact) mass is 193 g/mol. The number of carbonyl (C=O) groups excluding carboxylic acids is 1. The molecule has 0 saturated carbocycles. The van der Waals surface area contributed by atoms with Crippen molar-refractivity contribution in [2.45, 2.75) is 13.8 Å². The zero-order valence-corrected chi connectivity index (χ0v) is 8.00. The van der Waals surface area contributed by atoms with Gasteiger partial charge in [-0.25, -0.2) is 4.79 Å². The van der Waals surface area contributed by atoms with Crippen LogP contribution < -0.4 is 5.73 Å². The molecule has 1 aromatic rings. The van der Waals surface area contributed by atoms with Crippen LogP contribution in [0.2, 0.25) is 0 Å². The van der Waals surface area contributed by atoms with E-state index in [4.69, 9.17) is 10.8 Å². The van der Waals surface area contributed by atoms with Gasteiger partial charge in [0.2, 0.25) is 0 Å². The number of carboxylic acid groups (broad SMARTS) is 1. The summed E-state index contributed by atoms with van der Waals surface area (Å²) in [6.45, 7) is 3.65. The van der Waals surface area contributed by atoms with Gasteiger partial charge in [0.05, 0.1) is 5.56 Å². The number of benzene rings is 1. The zero-order chi connectivity index (χ0) is 10.9. The van der Waals surface area contributed by atoms with Crippen molar-refractivity contribution in [2.75, 3.05) is 5.73 Å². The van der Waals surface area contributed by atoms with E-state index in [-0.39, 0.29) is 11.3 Å². The van der Waals surface area contributed by atoms with Crippen LogP contribution in [0.25, 0.3) is 0 Å². The van der Waals surface area contributed by atoms with Crippen LogP contribution in [-0.4, -0.2) is 16.9 Å². The molecule has 0 aliphatic heterocycles. The molecule has 0 spiro atoms. The maximum absolute atomic E-state index is 11.1. The van der Waals surface area contributed by atoms with Crippen LogP contribution in [0.1, 0.15) is 21.5 Å². The van der Waals surface area contributed by atoms with Gasteiger partial charge in [0.15, 0.2) is 0 Å². The number of hydrogen-bond acceptors (Lipinski definition) is 3. The molecule has 74 valence electrons. The van der Waals surface area contributed by atoms with Gasteiger partial charge in [-0.05, 0) is 37.1 Å². The second-order valence-corrected chi connectivity index (χ2v) is 3.16. The molecule has 0 aliphatic carbocycles. The van der Waals surface area contributed by atoms with E-state index in [1.54, 1.807) is 13.0 Å². The minimum atomic E-state index is -1.49. The first-order valence-corrected chi connectivity index (χ1v) is 4.08. The molecular formula is C10H11NO3. The van der Waals surface area contributed by atoms with Crippen molar-refractivity contribution in [1.29, 1.82) is 0 Å².